The van der Waals surface area contributed by atoms with Crippen LogP contribution in [0.25, 0.3) is 5.69 Å². The maximum atomic E-state index is 13.6. The Balaban J connectivity index is 1.34. The van der Waals surface area contributed by atoms with Gasteiger partial charge in [-0.2, -0.15) is 0 Å². The average Bonchev–Trinajstić information content (AvgIpc) is 3.30. The molecular weight excluding hydrogens is 373 g/mol. The minimum atomic E-state index is -0.421. The fourth-order valence-corrected chi connectivity index (χ4v) is 2.66. The van der Waals surface area contributed by atoms with Crippen molar-refractivity contribution in [1.82, 2.24) is 25.5 Å². The summed E-state index contributed by atoms with van der Waals surface area (Å²) in [7, 11) is 0. The molecule has 1 amide bonds. The van der Waals surface area contributed by atoms with Crippen LogP contribution >= 0.6 is 0 Å². The van der Waals surface area contributed by atoms with E-state index in [0.717, 1.165) is 11.3 Å². The molecule has 144 valence electrons. The SMILES string of the molecule is O=C(NCc1ccc(Oc2ccccc2F)cc1)c1ccc(-n2cnnn2)cc1. The quantitative estimate of drug-likeness (QED) is 0.546. The third-order valence-corrected chi connectivity index (χ3v) is 4.18. The van der Waals surface area contributed by atoms with Crippen LogP contribution in [0.5, 0.6) is 11.5 Å². The monoisotopic (exact) mass is 389 g/mol. The highest BCUT2D eigenvalue weighted by Crippen LogP contribution is 2.24. The van der Waals surface area contributed by atoms with Gasteiger partial charge in [0.15, 0.2) is 11.6 Å². The second kappa shape index (κ2) is 8.30. The molecule has 4 rings (SSSR count). The second-order valence-electron chi connectivity index (χ2n) is 6.16. The molecule has 29 heavy (non-hydrogen) atoms. The van der Waals surface area contributed by atoms with Crippen molar-refractivity contribution in [3.8, 4) is 17.2 Å². The molecule has 1 aromatic heterocycles. The Bertz CT molecular complexity index is 1100. The van der Waals surface area contributed by atoms with Crippen LogP contribution in [-0.2, 0) is 6.54 Å². The van der Waals surface area contributed by atoms with Crippen LogP contribution in [-0.4, -0.2) is 26.1 Å². The topological polar surface area (TPSA) is 81.9 Å². The highest BCUT2D eigenvalue weighted by Gasteiger charge is 2.07. The third kappa shape index (κ3) is 4.44. The van der Waals surface area contributed by atoms with Crippen LogP contribution in [0.3, 0.4) is 0 Å². The first-order chi connectivity index (χ1) is 14.2. The van der Waals surface area contributed by atoms with E-state index in [2.05, 4.69) is 20.8 Å². The summed E-state index contributed by atoms with van der Waals surface area (Å²) in [5.74, 6) is 0.0666. The maximum absolute atomic E-state index is 13.6. The van der Waals surface area contributed by atoms with E-state index >= 15 is 0 Å². The van der Waals surface area contributed by atoms with Crippen molar-refractivity contribution in [3.63, 3.8) is 0 Å². The van der Waals surface area contributed by atoms with Crippen LogP contribution in [0, 0.1) is 5.82 Å². The van der Waals surface area contributed by atoms with Gasteiger partial charge < -0.3 is 10.1 Å². The third-order valence-electron chi connectivity index (χ3n) is 4.18. The van der Waals surface area contributed by atoms with Gasteiger partial charge in [-0.15, -0.1) is 5.10 Å². The number of hydrogen-bond acceptors (Lipinski definition) is 5. The van der Waals surface area contributed by atoms with Crippen LogP contribution < -0.4 is 10.1 Å². The number of benzene rings is 3. The summed E-state index contributed by atoms with van der Waals surface area (Å²) < 4.78 is 20.7. The van der Waals surface area contributed by atoms with E-state index in [-0.39, 0.29) is 11.7 Å². The van der Waals surface area contributed by atoms with E-state index in [1.807, 2.05) is 12.1 Å². The number of para-hydroxylation sites is 1. The molecule has 0 fully saturated rings. The Hall–Kier alpha value is -4.07. The smallest absolute Gasteiger partial charge is 0.251 e. The number of halogens is 1. The van der Waals surface area contributed by atoms with Crippen molar-refractivity contribution in [1.29, 1.82) is 0 Å². The Morgan fingerprint density at radius 1 is 1.00 bits per heavy atom. The van der Waals surface area contributed by atoms with Crippen LogP contribution in [0.15, 0.2) is 79.1 Å². The number of tetrazole rings is 1. The minimum absolute atomic E-state index is 0.165. The zero-order chi connectivity index (χ0) is 20.1. The number of nitrogens with one attached hydrogen (secondary N) is 1. The summed E-state index contributed by atoms with van der Waals surface area (Å²) >= 11 is 0. The normalized spacial score (nSPS) is 10.5. The molecule has 0 atom stereocenters. The standard InChI is InChI=1S/C21H16FN5O2/c22-19-3-1-2-4-20(19)29-18-11-5-15(6-12-18)13-23-21(28)16-7-9-17(10-8-16)27-14-24-25-26-27/h1-12,14H,13H2,(H,23,28). The van der Waals surface area contributed by atoms with E-state index in [4.69, 9.17) is 4.74 Å². The van der Waals surface area contributed by atoms with E-state index < -0.39 is 5.82 Å². The number of carbonyl (C=O) groups is 1. The molecule has 0 bridgehead atoms. The molecule has 0 aliphatic heterocycles. The summed E-state index contributed by atoms with van der Waals surface area (Å²) in [6.45, 7) is 0.355. The molecule has 1 N–H and O–H groups in total. The largest absolute Gasteiger partial charge is 0.454 e. The molecule has 1 heterocycles. The lowest BCUT2D eigenvalue weighted by atomic mass is 10.1. The highest BCUT2D eigenvalue weighted by atomic mass is 19.1. The van der Waals surface area contributed by atoms with Crippen molar-refractivity contribution in [2.45, 2.75) is 6.54 Å². The Morgan fingerprint density at radius 2 is 1.76 bits per heavy atom. The van der Waals surface area contributed by atoms with Crippen molar-refractivity contribution >= 4 is 5.91 Å². The van der Waals surface area contributed by atoms with Crippen molar-refractivity contribution < 1.29 is 13.9 Å². The number of aromatic nitrogens is 4. The molecule has 0 saturated heterocycles. The van der Waals surface area contributed by atoms with E-state index in [0.29, 0.717) is 17.9 Å². The number of ether oxygens (including phenoxy) is 1. The lowest BCUT2D eigenvalue weighted by Gasteiger charge is -2.09. The molecule has 7 nitrogen and oxygen atoms in total. The van der Waals surface area contributed by atoms with Gasteiger partial charge in [-0.05, 0) is 64.5 Å². The van der Waals surface area contributed by atoms with Crippen LogP contribution in [0.4, 0.5) is 4.39 Å². The number of amides is 1. The predicted octanol–water partition coefficient (Wildman–Crippen LogP) is 3.52. The average molecular weight is 389 g/mol. The number of carbonyl (C=O) groups excluding carboxylic acids is 1. The minimum Gasteiger partial charge on any atom is -0.454 e. The summed E-state index contributed by atoms with van der Waals surface area (Å²) in [4.78, 5) is 12.3. The fraction of sp³-hybridized carbons (Fsp3) is 0.0476. The van der Waals surface area contributed by atoms with Gasteiger partial charge in [0.2, 0.25) is 0 Å². The molecule has 0 unspecified atom stereocenters. The zero-order valence-corrected chi connectivity index (χ0v) is 15.2. The molecule has 4 aromatic rings. The number of hydrogen-bond donors (Lipinski definition) is 1. The van der Waals surface area contributed by atoms with Crippen molar-refractivity contribution in [2.24, 2.45) is 0 Å². The Kier molecular flexibility index (Phi) is 5.24. The Labute approximate surface area is 165 Å². The summed E-state index contributed by atoms with van der Waals surface area (Å²) in [5.41, 5.74) is 2.18. The van der Waals surface area contributed by atoms with E-state index in [1.54, 1.807) is 54.6 Å². The molecular formula is C21H16FN5O2. The molecule has 0 aliphatic carbocycles. The number of nitrogens with zero attached hydrogens (tertiary/aromatic N) is 4. The maximum Gasteiger partial charge on any atom is 0.251 e. The van der Waals surface area contributed by atoms with Gasteiger partial charge >= 0.3 is 0 Å². The molecule has 0 aliphatic rings. The first kappa shape index (κ1) is 18.3. The fourth-order valence-electron chi connectivity index (χ4n) is 2.66. The first-order valence-corrected chi connectivity index (χ1v) is 8.82. The van der Waals surface area contributed by atoms with Gasteiger partial charge in [-0.1, -0.05) is 24.3 Å². The van der Waals surface area contributed by atoms with Gasteiger partial charge in [0.1, 0.15) is 12.1 Å². The lowest BCUT2D eigenvalue weighted by molar-refractivity contribution is 0.0951. The highest BCUT2D eigenvalue weighted by molar-refractivity contribution is 5.94. The van der Waals surface area contributed by atoms with E-state index in [1.165, 1.54) is 17.1 Å². The summed E-state index contributed by atoms with van der Waals surface area (Å²) in [6.07, 6.45) is 1.48. The molecule has 0 spiro atoms. The summed E-state index contributed by atoms with van der Waals surface area (Å²) in [5, 5.41) is 13.8. The van der Waals surface area contributed by atoms with Gasteiger partial charge in [-0.25, -0.2) is 9.07 Å². The summed E-state index contributed by atoms with van der Waals surface area (Å²) in [6, 6.07) is 20.3. The molecule has 8 heteroatoms. The molecule has 0 saturated carbocycles. The van der Waals surface area contributed by atoms with Gasteiger partial charge in [0.25, 0.3) is 5.91 Å². The van der Waals surface area contributed by atoms with Crippen LogP contribution in [0.2, 0.25) is 0 Å². The van der Waals surface area contributed by atoms with Crippen molar-refractivity contribution in [3.05, 3.63) is 96.1 Å². The van der Waals surface area contributed by atoms with Crippen LogP contribution in [0.1, 0.15) is 15.9 Å². The Morgan fingerprint density at radius 3 is 2.45 bits per heavy atom. The molecule has 0 radical (unpaired) electrons. The van der Waals surface area contributed by atoms with E-state index in [9.17, 15) is 9.18 Å². The predicted molar refractivity (Wildman–Crippen MR) is 103 cm³/mol. The molecule has 3 aromatic carbocycles. The van der Waals surface area contributed by atoms with Gasteiger partial charge in [0, 0.05) is 12.1 Å². The lowest BCUT2D eigenvalue weighted by Crippen LogP contribution is -2.22. The van der Waals surface area contributed by atoms with Gasteiger partial charge in [0.05, 0.1) is 5.69 Å². The van der Waals surface area contributed by atoms with Gasteiger partial charge in [-0.3, -0.25) is 4.79 Å². The zero-order valence-electron chi connectivity index (χ0n) is 15.2. The second-order valence-corrected chi connectivity index (χ2v) is 6.16. The number of rotatable bonds is 6. The first-order valence-electron chi connectivity index (χ1n) is 8.82. The van der Waals surface area contributed by atoms with Crippen molar-refractivity contribution in [2.75, 3.05) is 0 Å².